The van der Waals surface area contributed by atoms with Crippen LogP contribution in [0.25, 0.3) is 11.1 Å². The Bertz CT molecular complexity index is 406. The van der Waals surface area contributed by atoms with Crippen molar-refractivity contribution in [2.24, 2.45) is 0 Å². The summed E-state index contributed by atoms with van der Waals surface area (Å²) >= 11 is 11.8. The van der Waals surface area contributed by atoms with Gasteiger partial charge in [-0.05, 0) is 35.4 Å². The number of hydrogen-bond donors (Lipinski definition) is 0. The van der Waals surface area contributed by atoms with Crippen molar-refractivity contribution in [3.05, 3.63) is 58.6 Å². The van der Waals surface area contributed by atoms with E-state index in [0.717, 1.165) is 21.2 Å². The number of benzene rings is 2. The Kier molecular flexibility index (Phi) is 2.76. The fourth-order valence-electron chi connectivity index (χ4n) is 1.34. The van der Waals surface area contributed by atoms with Gasteiger partial charge in [0.25, 0.3) is 0 Å². The van der Waals surface area contributed by atoms with Crippen molar-refractivity contribution in [3.63, 3.8) is 0 Å². The maximum absolute atomic E-state index is 5.90. The van der Waals surface area contributed by atoms with Gasteiger partial charge in [0.2, 0.25) is 0 Å². The molecule has 14 heavy (non-hydrogen) atoms. The molecule has 0 aromatic heterocycles. The highest BCUT2D eigenvalue weighted by Gasteiger charge is 1.98. The molecular weight excluding hydrogens is 215 g/mol. The minimum Gasteiger partial charge on any atom is -0.0843 e. The molecule has 0 aliphatic carbocycles. The fraction of sp³-hybridized carbons (Fsp3) is 0. The van der Waals surface area contributed by atoms with E-state index in [0.29, 0.717) is 0 Å². The Morgan fingerprint density at radius 1 is 0.643 bits per heavy atom. The van der Waals surface area contributed by atoms with E-state index >= 15 is 0 Å². The van der Waals surface area contributed by atoms with E-state index in [4.69, 9.17) is 23.2 Å². The third-order valence-electron chi connectivity index (χ3n) is 1.98. The number of rotatable bonds is 1. The van der Waals surface area contributed by atoms with Crippen LogP contribution < -0.4 is 0 Å². The van der Waals surface area contributed by atoms with Crippen LogP contribution in [0, 0.1) is 0 Å². The lowest BCUT2D eigenvalue weighted by Crippen LogP contribution is -1.76. The standard InChI is InChI=1S/C12H8Cl2/c13-11-5-1-3-9(7-11)10-4-2-6-12(14)8-10/h1-8H. The van der Waals surface area contributed by atoms with Crippen LogP contribution in [0.5, 0.6) is 0 Å². The molecule has 0 aliphatic rings. The van der Waals surface area contributed by atoms with Gasteiger partial charge in [0.1, 0.15) is 0 Å². The first-order valence-electron chi connectivity index (χ1n) is 4.27. The molecule has 0 heterocycles. The van der Waals surface area contributed by atoms with Gasteiger partial charge in [-0.25, -0.2) is 0 Å². The Labute approximate surface area is 93.1 Å². The Morgan fingerprint density at radius 2 is 1.07 bits per heavy atom. The van der Waals surface area contributed by atoms with Gasteiger partial charge >= 0.3 is 0 Å². The third kappa shape index (κ3) is 2.09. The van der Waals surface area contributed by atoms with E-state index in [2.05, 4.69) is 0 Å². The van der Waals surface area contributed by atoms with Crippen LogP contribution in [0.15, 0.2) is 48.5 Å². The van der Waals surface area contributed by atoms with Crippen LogP contribution in [0.3, 0.4) is 0 Å². The van der Waals surface area contributed by atoms with Crippen molar-refractivity contribution < 1.29 is 0 Å². The maximum atomic E-state index is 5.90. The van der Waals surface area contributed by atoms with Gasteiger partial charge in [0, 0.05) is 10.0 Å². The fourth-order valence-corrected chi connectivity index (χ4v) is 1.72. The monoisotopic (exact) mass is 222 g/mol. The normalized spacial score (nSPS) is 10.1. The summed E-state index contributed by atoms with van der Waals surface area (Å²) in [4.78, 5) is 0. The highest BCUT2D eigenvalue weighted by molar-refractivity contribution is 6.31. The number of hydrogen-bond acceptors (Lipinski definition) is 0. The van der Waals surface area contributed by atoms with Gasteiger partial charge < -0.3 is 0 Å². The van der Waals surface area contributed by atoms with Crippen LogP contribution in [-0.4, -0.2) is 0 Å². The molecule has 0 amide bonds. The zero-order valence-corrected chi connectivity index (χ0v) is 8.89. The smallest absolute Gasteiger partial charge is 0.0412 e. The minimum atomic E-state index is 0.738. The van der Waals surface area contributed by atoms with Crippen molar-refractivity contribution >= 4 is 23.2 Å². The van der Waals surface area contributed by atoms with Crippen LogP contribution in [0.1, 0.15) is 0 Å². The van der Waals surface area contributed by atoms with Gasteiger partial charge in [-0.3, -0.25) is 0 Å². The molecule has 2 heteroatoms. The van der Waals surface area contributed by atoms with E-state index in [1.54, 1.807) is 0 Å². The van der Waals surface area contributed by atoms with Crippen molar-refractivity contribution in [2.75, 3.05) is 0 Å². The first-order valence-corrected chi connectivity index (χ1v) is 5.03. The molecule has 0 atom stereocenters. The van der Waals surface area contributed by atoms with Gasteiger partial charge in [-0.1, -0.05) is 47.5 Å². The Hall–Kier alpha value is -0.980. The molecule has 0 unspecified atom stereocenters. The SMILES string of the molecule is Clc1cccc(-c2cccc(Cl)c2)c1. The number of halogens is 2. The average Bonchev–Trinajstić information content (AvgIpc) is 2.18. The summed E-state index contributed by atoms with van der Waals surface area (Å²) in [6.07, 6.45) is 0. The van der Waals surface area contributed by atoms with Crippen LogP contribution in [0.4, 0.5) is 0 Å². The second-order valence-corrected chi connectivity index (χ2v) is 3.89. The molecule has 2 rings (SSSR count). The third-order valence-corrected chi connectivity index (χ3v) is 2.45. The van der Waals surface area contributed by atoms with Gasteiger partial charge in [0.05, 0.1) is 0 Å². The Balaban J connectivity index is 2.49. The first kappa shape index (κ1) is 9.57. The largest absolute Gasteiger partial charge is 0.0843 e. The summed E-state index contributed by atoms with van der Waals surface area (Å²) < 4.78 is 0. The molecule has 0 fully saturated rings. The average molecular weight is 223 g/mol. The predicted molar refractivity (Wildman–Crippen MR) is 61.9 cm³/mol. The zero-order chi connectivity index (χ0) is 9.97. The molecule has 0 bridgehead atoms. The van der Waals surface area contributed by atoms with Gasteiger partial charge in [0.15, 0.2) is 0 Å². The summed E-state index contributed by atoms with van der Waals surface area (Å²) in [5.74, 6) is 0. The molecule has 0 radical (unpaired) electrons. The van der Waals surface area contributed by atoms with Gasteiger partial charge in [-0.15, -0.1) is 0 Å². The molecular formula is C12H8Cl2. The predicted octanol–water partition coefficient (Wildman–Crippen LogP) is 4.66. The second kappa shape index (κ2) is 4.04. The topological polar surface area (TPSA) is 0 Å². The second-order valence-electron chi connectivity index (χ2n) is 3.02. The highest BCUT2D eigenvalue weighted by Crippen LogP contribution is 2.24. The molecule has 0 nitrogen and oxygen atoms in total. The molecule has 70 valence electrons. The zero-order valence-electron chi connectivity index (χ0n) is 7.37. The summed E-state index contributed by atoms with van der Waals surface area (Å²) in [5, 5.41) is 1.48. The molecule has 2 aromatic rings. The highest BCUT2D eigenvalue weighted by atomic mass is 35.5. The summed E-state index contributed by atoms with van der Waals surface area (Å²) in [6, 6.07) is 15.4. The van der Waals surface area contributed by atoms with Crippen molar-refractivity contribution in [2.45, 2.75) is 0 Å². The lowest BCUT2D eigenvalue weighted by atomic mass is 10.1. The summed E-state index contributed by atoms with van der Waals surface area (Å²) in [7, 11) is 0. The van der Waals surface area contributed by atoms with E-state index < -0.39 is 0 Å². The van der Waals surface area contributed by atoms with Gasteiger partial charge in [-0.2, -0.15) is 0 Å². The van der Waals surface area contributed by atoms with Crippen molar-refractivity contribution in [3.8, 4) is 11.1 Å². The van der Waals surface area contributed by atoms with Crippen molar-refractivity contribution in [1.82, 2.24) is 0 Å². The van der Waals surface area contributed by atoms with E-state index in [-0.39, 0.29) is 0 Å². The quantitative estimate of drug-likeness (QED) is 0.659. The lowest BCUT2D eigenvalue weighted by molar-refractivity contribution is 1.62. The van der Waals surface area contributed by atoms with E-state index in [1.165, 1.54) is 0 Å². The van der Waals surface area contributed by atoms with E-state index in [1.807, 2.05) is 48.5 Å². The summed E-state index contributed by atoms with van der Waals surface area (Å²) in [6.45, 7) is 0. The van der Waals surface area contributed by atoms with Crippen molar-refractivity contribution in [1.29, 1.82) is 0 Å². The van der Waals surface area contributed by atoms with Crippen LogP contribution in [0.2, 0.25) is 10.0 Å². The molecule has 0 aliphatic heterocycles. The lowest BCUT2D eigenvalue weighted by Gasteiger charge is -2.02. The Morgan fingerprint density at radius 3 is 1.43 bits per heavy atom. The van der Waals surface area contributed by atoms with E-state index in [9.17, 15) is 0 Å². The molecule has 0 saturated heterocycles. The van der Waals surface area contributed by atoms with Crippen LogP contribution >= 0.6 is 23.2 Å². The van der Waals surface area contributed by atoms with Crippen LogP contribution in [-0.2, 0) is 0 Å². The molecule has 2 aromatic carbocycles. The maximum Gasteiger partial charge on any atom is 0.0412 e. The molecule has 0 saturated carbocycles. The summed E-state index contributed by atoms with van der Waals surface area (Å²) in [5.41, 5.74) is 2.17. The molecule has 0 N–H and O–H groups in total. The minimum absolute atomic E-state index is 0.738. The molecule has 0 spiro atoms. The first-order chi connectivity index (χ1) is 6.75.